The first kappa shape index (κ1) is 71.1. The molecular formula is C130H109BN6O2. The smallest absolute Gasteiger partial charge is 0.252 e. The fourth-order valence-corrected chi connectivity index (χ4v) is 23.9. The molecule has 2 spiro atoms. The summed E-state index contributed by atoms with van der Waals surface area (Å²) in [6, 6.07) is 91.7. The fraction of sp³-hybridized carbons (Fsp3) is 0.200. The molecule has 0 amide bonds. The summed E-state index contributed by atoms with van der Waals surface area (Å²) >= 11 is 0. The Bertz CT molecular complexity index is 8740. The summed E-state index contributed by atoms with van der Waals surface area (Å²) in [4.78, 5) is 8.40. The van der Waals surface area contributed by atoms with Gasteiger partial charge in [0, 0.05) is 88.4 Å². The van der Waals surface area contributed by atoms with Gasteiger partial charge in [-0.3, -0.25) is 0 Å². The van der Waals surface area contributed by atoms with Crippen molar-refractivity contribution in [3.63, 3.8) is 0 Å². The Labute approximate surface area is 835 Å². The highest BCUT2D eigenvalue weighted by molar-refractivity contribution is 7.00. The van der Waals surface area contributed by atoms with Crippen molar-refractivity contribution < 1.29 is 28.7 Å². The van der Waals surface area contributed by atoms with Crippen molar-refractivity contribution in [3.8, 4) is 84.9 Å². The van der Waals surface area contributed by atoms with Crippen molar-refractivity contribution in [2.24, 2.45) is 0 Å². The van der Waals surface area contributed by atoms with Gasteiger partial charge in [-0.05, 0) is 286 Å². The molecule has 0 atom stereocenters. The van der Waals surface area contributed by atoms with E-state index < -0.39 is 119 Å². The van der Waals surface area contributed by atoms with Crippen molar-refractivity contribution in [2.75, 3.05) is 22.9 Å². The molecule has 0 unspecified atom stereocenters. The zero-order valence-electron chi connectivity index (χ0n) is 93.5. The van der Waals surface area contributed by atoms with Crippen LogP contribution in [0.25, 0.3) is 104 Å². The first-order valence-corrected chi connectivity index (χ1v) is 49.0. The van der Waals surface area contributed by atoms with Gasteiger partial charge in [0.2, 0.25) is 0 Å². The fourth-order valence-electron chi connectivity index (χ4n) is 23.9. The molecule has 2 aliphatic carbocycles. The van der Waals surface area contributed by atoms with E-state index in [0.29, 0.717) is 37.3 Å². The Balaban J connectivity index is 0.613. The van der Waals surface area contributed by atoms with Crippen LogP contribution in [0.2, 0.25) is 0 Å². The molecule has 139 heavy (non-hydrogen) atoms. The van der Waals surface area contributed by atoms with E-state index in [0.717, 1.165) is 152 Å². The highest BCUT2D eigenvalue weighted by Gasteiger charge is 2.54. The minimum atomic E-state index is -0.662. The number of aryl methyl sites for hydroxylation is 2. The van der Waals surface area contributed by atoms with Crippen LogP contribution in [0, 0.1) is 17.9 Å². The Morgan fingerprint density at radius 2 is 0.748 bits per heavy atom. The van der Waals surface area contributed by atoms with Gasteiger partial charge in [0.15, 0.2) is 5.69 Å². The molecule has 0 saturated carbocycles. The Hall–Kier alpha value is -15.4. The molecule has 19 aromatic rings. The number of anilines is 4. The summed E-state index contributed by atoms with van der Waals surface area (Å²) in [6.07, 6.45) is 7.98. The van der Waals surface area contributed by atoms with Crippen LogP contribution >= 0.6 is 0 Å². The maximum absolute atomic E-state index is 10.7. The quantitative estimate of drug-likeness (QED) is 0.0487. The second kappa shape index (κ2) is 32.7. The third-order valence-electron chi connectivity index (χ3n) is 30.6. The average molecular weight is 1810 g/mol. The largest absolute Gasteiger partial charge is 0.457 e. The number of nitrogens with zero attached hydrogens (tertiary/aromatic N) is 6. The first-order valence-electron chi connectivity index (χ1n) is 56.0. The zero-order chi connectivity index (χ0) is 106. The van der Waals surface area contributed by atoms with Crippen LogP contribution in [-0.2, 0) is 39.9 Å². The predicted octanol–water partition coefficient (Wildman–Crippen LogP) is 31.5. The number of benzene rings is 17. The van der Waals surface area contributed by atoms with Crippen LogP contribution < -0.4 is 35.7 Å². The Kier molecular flexibility index (Phi) is 16.7. The summed E-state index contributed by atoms with van der Waals surface area (Å²) in [5.74, 6) is 3.31. The lowest BCUT2D eigenvalue weighted by Gasteiger charge is -2.45. The number of nitriles is 1. The number of unbranched alkanes of at least 4 members (excludes halogenated alkanes) is 6. The van der Waals surface area contributed by atoms with E-state index in [2.05, 4.69) is 307 Å². The van der Waals surface area contributed by atoms with Gasteiger partial charge in [-0.2, -0.15) is 5.26 Å². The van der Waals surface area contributed by atoms with E-state index in [1.165, 1.54) is 77.9 Å². The van der Waals surface area contributed by atoms with Gasteiger partial charge in [0.25, 0.3) is 6.71 Å². The van der Waals surface area contributed by atoms with Crippen LogP contribution in [-0.4, -0.2) is 28.9 Å². The number of ether oxygens (including phenoxy) is 2. The number of hydrogen-bond acceptors (Lipinski definition) is 5. The molecule has 2 aromatic heterocycles. The molecule has 0 radical (unpaired) electrons. The molecule has 0 saturated heterocycles. The van der Waals surface area contributed by atoms with Crippen LogP contribution in [0.3, 0.4) is 0 Å². The first-order chi connectivity index (χ1) is 73.6. The summed E-state index contributed by atoms with van der Waals surface area (Å²) in [5, 5.41) is 10.5. The third kappa shape index (κ3) is 13.4. The third-order valence-corrected chi connectivity index (χ3v) is 30.6. The van der Waals surface area contributed by atoms with Gasteiger partial charge >= 0.3 is 0 Å². The number of fused-ring (bicyclic) bond motifs is 28. The highest BCUT2D eigenvalue weighted by Crippen LogP contribution is 2.65. The molecule has 0 N–H and O–H groups in total. The number of aromatic nitrogens is 2. The minimum absolute atomic E-state index is 0.0178. The van der Waals surface area contributed by atoms with Crippen molar-refractivity contribution in [1.82, 2.24) is 9.13 Å². The molecule has 0 bridgehead atoms. The molecule has 6 aliphatic rings. The molecular weight excluding hydrogens is 1690 g/mol. The van der Waals surface area contributed by atoms with Crippen LogP contribution in [0.1, 0.15) is 211 Å². The van der Waals surface area contributed by atoms with E-state index >= 15 is 0 Å². The Morgan fingerprint density at radius 3 is 1.19 bits per heavy atom. The normalized spacial score (nSPS) is 15.4. The molecule has 674 valence electrons. The molecule has 0 fully saturated rings. The van der Waals surface area contributed by atoms with Gasteiger partial charge < -0.3 is 28.4 Å². The van der Waals surface area contributed by atoms with Crippen molar-refractivity contribution in [1.29, 1.82) is 5.26 Å². The zero-order valence-corrected chi connectivity index (χ0v) is 79.5. The highest BCUT2D eigenvalue weighted by atomic mass is 16.5. The second-order valence-electron chi connectivity index (χ2n) is 41.5. The topological polar surface area (TPSA) is 63.0 Å². The molecule has 25 rings (SSSR count). The standard InChI is InChI=1S/C130H109BN6O2/c1-126(2,3)87-58-54-83(99(74-87)85-56-67-123-109(72-85)129(107-47-27-31-51-121(107)138-123)103-43-23-17-37-93(103)94-38-18-24-44-104(94)129)35-15-11-13-33-69-134-117-79-91(136-113-49-29-21-41-97(113)101-71-82(81-132)53-65-115(101)136)61-63-111(117)131-112-64-62-92(137-114-50-30-22-42-98(114)102-78-90(133-10)60-66-116(102)137)80-118(112)135(120-77-89(128(7,8)9)76-119(134)125(120)131)70-34-14-12-16-36-84-55-59-88(127(4,5)6)75-100(84)86-57-68-124-110(73-86)130(108-48-28-32-52-122(108)139-124)105-45-25-19-39-95(105)96-40-20-26-46-106(96)130/h17-32,37-68,71-80H,11-16,33-36,69-70H2,1-9H3/i21D,22D,29D,30D,41D,42D,49D,50D,53D,60D,65D,66D,71D,78D. The maximum atomic E-state index is 10.7. The number of rotatable bonds is 18. The lowest BCUT2D eigenvalue weighted by molar-refractivity contribution is 0.436. The van der Waals surface area contributed by atoms with Crippen LogP contribution in [0.15, 0.2) is 352 Å². The van der Waals surface area contributed by atoms with E-state index in [1.807, 2.05) is 42.5 Å². The van der Waals surface area contributed by atoms with Gasteiger partial charge in [0.05, 0.1) is 67.6 Å². The van der Waals surface area contributed by atoms with E-state index in [9.17, 15) is 21.7 Å². The van der Waals surface area contributed by atoms with E-state index in [4.69, 9.17) is 18.8 Å². The van der Waals surface area contributed by atoms with Gasteiger partial charge in [-0.15, -0.1) is 0 Å². The monoisotopic (exact) mass is 1810 g/mol. The van der Waals surface area contributed by atoms with E-state index in [-0.39, 0.29) is 54.4 Å². The van der Waals surface area contributed by atoms with Crippen LogP contribution in [0.4, 0.5) is 28.4 Å². The van der Waals surface area contributed by atoms with Gasteiger partial charge in [-0.25, -0.2) is 4.85 Å². The number of hydrogen-bond donors (Lipinski definition) is 0. The lowest BCUT2D eigenvalue weighted by Crippen LogP contribution is -2.62. The van der Waals surface area contributed by atoms with Gasteiger partial charge in [-0.1, -0.05) is 324 Å². The lowest BCUT2D eigenvalue weighted by atomic mass is 9.33. The average Bonchev–Trinajstić information content (AvgIpc) is 1.47. The molecule has 9 heteroatoms. The Morgan fingerprint density at radius 1 is 0.353 bits per heavy atom. The summed E-state index contributed by atoms with van der Waals surface area (Å²) in [5.41, 5.74) is 28.3. The van der Waals surface area contributed by atoms with E-state index in [1.54, 1.807) is 9.13 Å². The molecule has 8 nitrogen and oxygen atoms in total. The van der Waals surface area contributed by atoms with Crippen LogP contribution in [0.5, 0.6) is 23.0 Å². The van der Waals surface area contributed by atoms with Crippen molar-refractivity contribution in [2.45, 2.75) is 154 Å². The SMILES string of the molecule is [2H]c1c([2H])c([2H])c2c(c1[2H])c1c([2H])c(C#N)c([2H])c([2H])c1n2-c1ccc2c(c1)N(CCCCCCc1ccc(C(C)(C)C)cc1-c1ccc3c(c1)C1(c4ccccc4O3)c3ccccc3-c3ccccc31)c1cc(C(C)(C)C)cc3c1B2c1ccc(-n2c4c([2H])c([2H])c([2H])c([2H])c4c4c([2H])c([N+]#[C-])c([2H])c([2H])c42)cc1N3CCCCCCc1ccc(C(C)(C)C)cc1-c1ccc2c(c1)C1(c3ccccc3O2)c2ccccc2-c2ccccc21. The summed E-state index contributed by atoms with van der Waals surface area (Å²) in [7, 11) is 0. The van der Waals surface area contributed by atoms with Gasteiger partial charge in [0.1, 0.15) is 23.0 Å². The minimum Gasteiger partial charge on any atom is -0.457 e. The molecule has 6 heterocycles. The maximum Gasteiger partial charge on any atom is 0.252 e. The predicted molar refractivity (Wildman–Crippen MR) is 577 cm³/mol. The second-order valence-corrected chi connectivity index (χ2v) is 41.5. The van der Waals surface area contributed by atoms with Crippen molar-refractivity contribution >= 4 is 95.1 Å². The number of para-hydroxylation sites is 4. The molecule has 17 aromatic carbocycles. The van der Waals surface area contributed by atoms with Crippen molar-refractivity contribution in [3.05, 3.63) is 441 Å². The summed E-state index contributed by atoms with van der Waals surface area (Å²) in [6.45, 7) is 28.9. The summed E-state index contributed by atoms with van der Waals surface area (Å²) < 4.78 is 151. The molecule has 4 aliphatic heterocycles.